The molecule has 0 aliphatic carbocycles. The predicted molar refractivity (Wildman–Crippen MR) is 301 cm³/mol. The van der Waals surface area contributed by atoms with E-state index in [1.807, 2.05) is 0 Å². The van der Waals surface area contributed by atoms with Gasteiger partial charge in [0.2, 0.25) is 0 Å². The third-order valence-electron chi connectivity index (χ3n) is 17.1. The molecule has 0 amide bonds. The molecule has 0 atom stereocenters. The van der Waals surface area contributed by atoms with Crippen LogP contribution >= 0.6 is 0 Å². The fourth-order valence-electron chi connectivity index (χ4n) is 14.3. The van der Waals surface area contributed by atoms with Crippen molar-refractivity contribution >= 4 is 125 Å². The summed E-state index contributed by atoms with van der Waals surface area (Å²) in [5.41, 5.74) is 13.8. The molecule has 70 heavy (non-hydrogen) atoms. The third-order valence-corrected chi connectivity index (χ3v) is 26.9. The van der Waals surface area contributed by atoms with Crippen LogP contribution in [0, 0.1) is 0 Å². The molecule has 2 spiro atoms. The lowest BCUT2D eigenvalue weighted by Crippen LogP contribution is -2.64. The van der Waals surface area contributed by atoms with Crippen molar-refractivity contribution in [3.63, 3.8) is 0 Å². The lowest BCUT2D eigenvalue weighted by molar-refractivity contribution is 1.27. The van der Waals surface area contributed by atoms with Crippen LogP contribution in [-0.4, -0.2) is 16.1 Å². The summed E-state index contributed by atoms with van der Waals surface area (Å²) in [6, 6.07) is 93.6. The Labute approximate surface area is 409 Å². The highest BCUT2D eigenvalue weighted by Crippen LogP contribution is 2.50. The predicted octanol–water partition coefficient (Wildman–Crippen LogP) is 13.9. The molecule has 0 N–H and O–H groups in total. The molecule has 16 rings (SSSR count). The van der Waals surface area contributed by atoms with E-state index in [-0.39, 0.29) is 0 Å². The molecule has 0 radical (unpaired) electrons. The lowest BCUT2D eigenvalue weighted by Gasteiger charge is -2.43. The number of anilines is 6. The van der Waals surface area contributed by atoms with Crippen molar-refractivity contribution in [2.75, 3.05) is 9.80 Å². The molecule has 328 valence electrons. The Morgan fingerprint density at radius 3 is 0.857 bits per heavy atom. The highest BCUT2D eigenvalue weighted by atomic mass is 28.3. The van der Waals surface area contributed by atoms with Crippen LogP contribution in [0.5, 0.6) is 0 Å². The Kier molecular flexibility index (Phi) is 7.93. The van der Waals surface area contributed by atoms with Gasteiger partial charge >= 0.3 is 0 Å². The number of hydrogen-bond donors (Lipinski definition) is 0. The number of hydrogen-bond acceptors (Lipinski definition) is 2. The summed E-state index contributed by atoms with van der Waals surface area (Å²) in [6.45, 7) is 0. The van der Waals surface area contributed by atoms with E-state index in [0.717, 1.165) is 24.2 Å². The molecule has 0 fully saturated rings. The summed E-state index contributed by atoms with van der Waals surface area (Å²) in [7, 11) is -4.35. The van der Waals surface area contributed by atoms with Crippen LogP contribution in [0.15, 0.2) is 231 Å². The Bertz CT molecular complexity index is 3830. The summed E-state index contributed by atoms with van der Waals surface area (Å²) >= 11 is 0. The molecule has 4 aliphatic heterocycles. The monoisotopic (exact) mass is 922 g/mol. The molecule has 12 aromatic carbocycles. The Balaban J connectivity index is 0.951. The topological polar surface area (TPSA) is 6.48 Å². The van der Waals surface area contributed by atoms with Crippen LogP contribution in [0.1, 0.15) is 22.3 Å². The summed E-state index contributed by atoms with van der Waals surface area (Å²) < 4.78 is 0. The van der Waals surface area contributed by atoms with Crippen molar-refractivity contribution in [2.24, 2.45) is 0 Å². The lowest BCUT2D eigenvalue weighted by atomic mass is 9.86. The normalized spacial score (nSPS) is 15.7. The van der Waals surface area contributed by atoms with Crippen molar-refractivity contribution in [1.29, 1.82) is 0 Å². The van der Waals surface area contributed by atoms with Gasteiger partial charge in [-0.1, -0.05) is 182 Å². The highest BCUT2D eigenvalue weighted by molar-refractivity contribution is 7.05. The molecular formula is C66H46N2Si2. The van der Waals surface area contributed by atoms with Gasteiger partial charge in [0, 0.05) is 34.1 Å². The van der Waals surface area contributed by atoms with Crippen molar-refractivity contribution < 1.29 is 0 Å². The van der Waals surface area contributed by atoms with Crippen molar-refractivity contribution in [1.82, 2.24) is 0 Å². The first-order valence-corrected chi connectivity index (χ1v) is 29.8. The van der Waals surface area contributed by atoms with Gasteiger partial charge in [-0.05, 0) is 170 Å². The van der Waals surface area contributed by atoms with Crippen molar-refractivity contribution in [3.05, 3.63) is 253 Å². The van der Waals surface area contributed by atoms with Crippen LogP contribution in [0.25, 0.3) is 53.9 Å². The molecule has 0 bridgehead atoms. The van der Waals surface area contributed by atoms with Gasteiger partial charge in [-0.15, -0.1) is 0 Å². The molecule has 0 saturated heterocycles. The number of nitrogens with zero attached hydrogens (tertiary/aromatic N) is 2. The smallest absolute Gasteiger partial charge is 0.132 e. The summed E-state index contributed by atoms with van der Waals surface area (Å²) in [5, 5.41) is 19.1. The van der Waals surface area contributed by atoms with E-state index in [2.05, 4.69) is 240 Å². The van der Waals surface area contributed by atoms with Crippen molar-refractivity contribution in [3.8, 4) is 0 Å². The Morgan fingerprint density at radius 2 is 0.514 bits per heavy atom. The number of rotatable bonds is 2. The highest BCUT2D eigenvalue weighted by Gasteiger charge is 2.50. The van der Waals surface area contributed by atoms with Gasteiger partial charge in [0.1, 0.15) is 16.1 Å². The molecule has 12 aromatic rings. The zero-order valence-electron chi connectivity index (χ0n) is 38.7. The van der Waals surface area contributed by atoms with Gasteiger partial charge in [-0.2, -0.15) is 0 Å². The molecular weight excluding hydrogens is 877 g/mol. The quantitative estimate of drug-likeness (QED) is 0.126. The second kappa shape index (κ2) is 14.3. The van der Waals surface area contributed by atoms with Gasteiger partial charge in [-0.3, -0.25) is 0 Å². The van der Waals surface area contributed by atoms with E-state index in [9.17, 15) is 0 Å². The number of fused-ring (bicyclic) bond motifs is 21. The average molecular weight is 923 g/mol. The minimum absolute atomic E-state index is 1.14. The van der Waals surface area contributed by atoms with Gasteiger partial charge < -0.3 is 9.80 Å². The van der Waals surface area contributed by atoms with Gasteiger partial charge in [-0.25, -0.2) is 0 Å². The molecule has 4 heterocycles. The van der Waals surface area contributed by atoms with Gasteiger partial charge in [0.25, 0.3) is 0 Å². The summed E-state index contributed by atoms with van der Waals surface area (Å²) in [4.78, 5) is 5.19. The molecule has 4 aliphatic rings. The average Bonchev–Trinajstić information content (AvgIpc) is 4.01. The molecule has 0 aromatic heterocycles. The van der Waals surface area contributed by atoms with Crippen LogP contribution in [0.3, 0.4) is 0 Å². The van der Waals surface area contributed by atoms with Crippen LogP contribution in [0.4, 0.5) is 34.1 Å². The van der Waals surface area contributed by atoms with E-state index in [1.165, 1.54) is 110 Å². The zero-order valence-corrected chi connectivity index (χ0v) is 40.7. The number of benzene rings is 12. The SMILES string of the molecule is c1ccc2c(c1)C[Si]1(C2)c2ccccc2N(c2ccc3c4ccccc4c4c5cc(N6c7ccccc7[Si]7(Cc8ccccc8C7)c7ccccc76)ccc5c5ccccc5c4c3c2)c2ccccc21. The summed E-state index contributed by atoms with van der Waals surface area (Å²) in [6.07, 6.45) is 0. The maximum Gasteiger partial charge on any atom is 0.132 e. The zero-order chi connectivity index (χ0) is 45.7. The van der Waals surface area contributed by atoms with E-state index < -0.39 is 16.1 Å². The molecule has 0 unspecified atom stereocenters. The van der Waals surface area contributed by atoms with Crippen LogP contribution in [0.2, 0.25) is 0 Å². The fourth-order valence-corrected chi connectivity index (χ4v) is 25.1. The first-order valence-electron chi connectivity index (χ1n) is 25.0. The standard InChI is InChI=1S/C66H46N2Si2/c1-2-18-44-40-69(39-43(44)17-1)61-29-13-9-25-57(61)67(58-26-10-14-30-62(58)69)47-33-35-51-49-21-5-8-24-54(49)66-56-38-48(34-36-52(56)50-22-6-7-23-53(50)65(66)55(51)37-47)68-59-27-11-15-31-63(59)70(64-32-16-12-28-60(64)68)41-45-19-3-4-20-46(45)42-70/h1-38H,39-42H2. The van der Waals surface area contributed by atoms with Gasteiger partial charge in [0.15, 0.2) is 0 Å². The van der Waals surface area contributed by atoms with Crippen molar-refractivity contribution in [2.45, 2.75) is 24.2 Å². The maximum absolute atomic E-state index is 2.60. The molecule has 0 saturated carbocycles. The van der Waals surface area contributed by atoms with E-state index in [4.69, 9.17) is 0 Å². The minimum atomic E-state index is -2.17. The largest absolute Gasteiger partial charge is 0.311 e. The fraction of sp³-hybridized carbons (Fsp3) is 0.0606. The minimum Gasteiger partial charge on any atom is -0.311 e. The third kappa shape index (κ3) is 5.11. The Morgan fingerprint density at radius 1 is 0.243 bits per heavy atom. The van der Waals surface area contributed by atoms with E-state index in [1.54, 1.807) is 20.7 Å². The van der Waals surface area contributed by atoms with Gasteiger partial charge in [0.05, 0.1) is 0 Å². The Hall–Kier alpha value is -8.03. The summed E-state index contributed by atoms with van der Waals surface area (Å²) in [5.74, 6) is 0. The number of para-hydroxylation sites is 4. The molecule has 4 heteroatoms. The second-order valence-corrected chi connectivity index (χ2v) is 28.3. The van der Waals surface area contributed by atoms with E-state index >= 15 is 0 Å². The molecule has 2 nitrogen and oxygen atoms in total. The van der Waals surface area contributed by atoms with Crippen LogP contribution in [-0.2, 0) is 24.2 Å². The first kappa shape index (κ1) is 38.9. The second-order valence-electron chi connectivity index (χ2n) is 20.4. The first-order chi connectivity index (χ1) is 34.7. The van der Waals surface area contributed by atoms with Crippen LogP contribution < -0.4 is 30.5 Å². The maximum atomic E-state index is 2.60. The van der Waals surface area contributed by atoms with E-state index in [0.29, 0.717) is 0 Å².